The molecule has 12 nitrogen and oxygen atoms in total. The van der Waals surface area contributed by atoms with Gasteiger partial charge in [-0.2, -0.15) is 0 Å². The smallest absolute Gasteiger partial charge is 0.229 e. The highest BCUT2D eigenvalue weighted by Crippen LogP contribution is 2.35. The largest absolute Gasteiger partial charge is 0.458 e. The van der Waals surface area contributed by atoms with Crippen molar-refractivity contribution in [2.45, 2.75) is 67.8 Å². The molecule has 1 aromatic rings. The fourth-order valence-electron chi connectivity index (χ4n) is 3.62. The first-order valence-corrected chi connectivity index (χ1v) is 10.4. The van der Waals surface area contributed by atoms with Crippen molar-refractivity contribution in [2.24, 2.45) is 0 Å². The molecule has 33 heavy (non-hydrogen) atoms. The van der Waals surface area contributed by atoms with E-state index in [-0.39, 0.29) is 11.5 Å². The van der Waals surface area contributed by atoms with Gasteiger partial charge in [0.1, 0.15) is 48.8 Å². The number of benzene rings is 1. The molecular formula is C21H30O12. The van der Waals surface area contributed by atoms with Gasteiger partial charge in [0.15, 0.2) is 11.5 Å². The Morgan fingerprint density at radius 2 is 1.21 bits per heavy atom. The second-order valence-electron chi connectivity index (χ2n) is 7.90. The Kier molecular flexibility index (Phi) is 8.64. The fraction of sp³-hybridized carbons (Fsp3) is 0.619. The van der Waals surface area contributed by atoms with Crippen LogP contribution in [0.4, 0.5) is 0 Å². The van der Waals surface area contributed by atoms with Crippen molar-refractivity contribution in [3.8, 4) is 11.5 Å². The van der Waals surface area contributed by atoms with Crippen LogP contribution in [-0.4, -0.2) is 115 Å². The van der Waals surface area contributed by atoms with Crippen molar-refractivity contribution in [3.05, 3.63) is 36.4 Å². The summed E-state index contributed by atoms with van der Waals surface area (Å²) in [6.07, 6.45) is -13.1. The van der Waals surface area contributed by atoms with Crippen molar-refractivity contribution in [1.29, 1.82) is 0 Å². The second-order valence-corrected chi connectivity index (χ2v) is 7.90. The zero-order valence-corrected chi connectivity index (χ0v) is 17.6. The van der Waals surface area contributed by atoms with Gasteiger partial charge in [-0.05, 0) is 24.1 Å². The molecule has 0 saturated carbocycles. The molecule has 2 fully saturated rings. The summed E-state index contributed by atoms with van der Waals surface area (Å²) in [5, 5.41) is 79.2. The Morgan fingerprint density at radius 1 is 0.727 bits per heavy atom. The van der Waals surface area contributed by atoms with Crippen LogP contribution >= 0.6 is 0 Å². The zero-order chi connectivity index (χ0) is 24.3. The lowest BCUT2D eigenvalue weighted by molar-refractivity contribution is -0.282. The monoisotopic (exact) mass is 474 g/mol. The number of allylic oxidation sites excluding steroid dienone is 1. The van der Waals surface area contributed by atoms with Gasteiger partial charge in [0, 0.05) is 0 Å². The number of hydrogen-bond donors (Lipinski definition) is 8. The van der Waals surface area contributed by atoms with E-state index in [4.69, 9.17) is 18.9 Å². The second kappa shape index (κ2) is 11.1. The van der Waals surface area contributed by atoms with E-state index in [1.54, 1.807) is 12.1 Å². The summed E-state index contributed by atoms with van der Waals surface area (Å²) in [5.74, 6) is -0.0419. The van der Waals surface area contributed by atoms with Crippen molar-refractivity contribution in [3.63, 3.8) is 0 Å². The maximum Gasteiger partial charge on any atom is 0.229 e. The van der Waals surface area contributed by atoms with Gasteiger partial charge in [-0.1, -0.05) is 12.1 Å². The number of hydrogen-bond acceptors (Lipinski definition) is 12. The lowest BCUT2D eigenvalue weighted by Gasteiger charge is -2.41. The van der Waals surface area contributed by atoms with E-state index in [9.17, 15) is 40.9 Å². The minimum Gasteiger partial charge on any atom is -0.458 e. The van der Waals surface area contributed by atoms with Gasteiger partial charge in [-0.3, -0.25) is 0 Å². The molecule has 186 valence electrons. The highest BCUT2D eigenvalue weighted by molar-refractivity contribution is 5.44. The molecule has 0 aromatic heterocycles. The number of aliphatic hydroxyl groups excluding tert-OH is 8. The van der Waals surface area contributed by atoms with E-state index >= 15 is 0 Å². The third-order valence-electron chi connectivity index (χ3n) is 5.57. The molecule has 3 rings (SSSR count). The Labute approximate surface area is 189 Å². The first-order chi connectivity index (χ1) is 15.7. The Hall–Kier alpha value is -1.84. The minimum atomic E-state index is -1.68. The molecule has 2 aliphatic rings. The van der Waals surface area contributed by atoms with Gasteiger partial charge in [-0.25, -0.2) is 0 Å². The van der Waals surface area contributed by atoms with Gasteiger partial charge in [0.2, 0.25) is 12.6 Å². The van der Waals surface area contributed by atoms with E-state index in [1.165, 1.54) is 12.1 Å². The van der Waals surface area contributed by atoms with Crippen LogP contribution in [0.2, 0.25) is 0 Å². The van der Waals surface area contributed by atoms with Gasteiger partial charge in [-0.15, -0.1) is 6.58 Å². The summed E-state index contributed by atoms with van der Waals surface area (Å²) in [7, 11) is 0. The standard InChI is InChI=1S/C21H30O12/c1-2-3-9-4-5-10(30-20-18(28)16(26)14(24)12(7-22)32-20)11(6-9)31-21-19(29)17(27)15(25)13(8-23)33-21/h2,4-6,12-29H,1,3,7-8H2/t12-,13-,14-,15-,16+,17-,18-,19-,20-,21-/m1/s1. The summed E-state index contributed by atoms with van der Waals surface area (Å²) >= 11 is 0. The molecule has 0 bridgehead atoms. The quantitative estimate of drug-likeness (QED) is 0.176. The summed E-state index contributed by atoms with van der Waals surface area (Å²) < 4.78 is 22.1. The average Bonchev–Trinajstić information content (AvgIpc) is 2.81. The van der Waals surface area contributed by atoms with Crippen LogP contribution in [0.3, 0.4) is 0 Å². The molecule has 0 amide bonds. The van der Waals surface area contributed by atoms with Crippen molar-refractivity contribution < 1.29 is 59.8 Å². The Bertz CT molecular complexity index is 787. The van der Waals surface area contributed by atoms with Crippen molar-refractivity contribution in [1.82, 2.24) is 0 Å². The highest BCUT2D eigenvalue weighted by Gasteiger charge is 2.46. The van der Waals surface area contributed by atoms with Crippen LogP contribution in [0.25, 0.3) is 0 Å². The molecular weight excluding hydrogens is 444 g/mol. The lowest BCUT2D eigenvalue weighted by Crippen LogP contribution is -2.60. The maximum absolute atomic E-state index is 10.3. The number of rotatable bonds is 8. The van der Waals surface area contributed by atoms with E-state index in [0.717, 1.165) is 0 Å². The van der Waals surface area contributed by atoms with E-state index in [1.807, 2.05) is 0 Å². The van der Waals surface area contributed by atoms with Gasteiger partial charge in [0.05, 0.1) is 13.2 Å². The molecule has 2 aliphatic heterocycles. The predicted octanol–water partition coefficient (Wildman–Crippen LogP) is -3.23. The molecule has 10 atom stereocenters. The summed E-state index contributed by atoms with van der Waals surface area (Å²) in [6.45, 7) is 2.37. The first kappa shape index (κ1) is 25.8. The van der Waals surface area contributed by atoms with Crippen LogP contribution in [-0.2, 0) is 15.9 Å². The fourth-order valence-corrected chi connectivity index (χ4v) is 3.62. The predicted molar refractivity (Wildman–Crippen MR) is 109 cm³/mol. The summed E-state index contributed by atoms with van der Waals surface area (Å²) in [6, 6.07) is 4.63. The summed E-state index contributed by atoms with van der Waals surface area (Å²) in [4.78, 5) is 0. The molecule has 0 aliphatic carbocycles. The number of aliphatic hydroxyl groups is 8. The molecule has 2 saturated heterocycles. The highest BCUT2D eigenvalue weighted by atomic mass is 16.7. The van der Waals surface area contributed by atoms with Crippen LogP contribution in [0.5, 0.6) is 11.5 Å². The zero-order valence-electron chi connectivity index (χ0n) is 17.6. The third kappa shape index (κ3) is 5.46. The van der Waals surface area contributed by atoms with Gasteiger partial charge in [0.25, 0.3) is 0 Å². The number of ether oxygens (including phenoxy) is 4. The summed E-state index contributed by atoms with van der Waals surface area (Å²) in [5.41, 5.74) is 0.714. The molecule has 8 N–H and O–H groups in total. The average molecular weight is 474 g/mol. The SMILES string of the molecule is C=CCc1ccc(O[C@@H]2O[C@H](CO)[C@@H](O)[C@H](O)[C@H]2O)c(O[C@@H]2O[C@H](CO)[C@@H](O)[C@@H](O)[C@H]2O)c1. The van der Waals surface area contributed by atoms with E-state index in [2.05, 4.69) is 6.58 Å². The van der Waals surface area contributed by atoms with Crippen molar-refractivity contribution >= 4 is 0 Å². The van der Waals surface area contributed by atoms with Crippen LogP contribution in [0.15, 0.2) is 30.9 Å². The van der Waals surface area contributed by atoms with Crippen LogP contribution in [0.1, 0.15) is 5.56 Å². The maximum atomic E-state index is 10.3. The van der Waals surface area contributed by atoms with E-state index < -0.39 is 74.6 Å². The molecule has 0 spiro atoms. The third-order valence-corrected chi connectivity index (χ3v) is 5.57. The molecule has 0 unspecified atom stereocenters. The Morgan fingerprint density at radius 3 is 1.67 bits per heavy atom. The van der Waals surface area contributed by atoms with Crippen molar-refractivity contribution in [2.75, 3.05) is 13.2 Å². The normalized spacial score (nSPS) is 39.2. The molecule has 12 heteroatoms. The lowest BCUT2D eigenvalue weighted by atomic mass is 9.99. The topological polar surface area (TPSA) is 199 Å². The Balaban J connectivity index is 1.86. The van der Waals surface area contributed by atoms with E-state index in [0.29, 0.717) is 12.0 Å². The van der Waals surface area contributed by atoms with Crippen LogP contribution in [0, 0.1) is 0 Å². The van der Waals surface area contributed by atoms with Crippen LogP contribution < -0.4 is 9.47 Å². The molecule has 1 aromatic carbocycles. The molecule has 0 radical (unpaired) electrons. The first-order valence-electron chi connectivity index (χ1n) is 10.4. The minimum absolute atomic E-state index is 0.0179. The molecule has 2 heterocycles. The van der Waals surface area contributed by atoms with Gasteiger partial charge >= 0.3 is 0 Å². The van der Waals surface area contributed by atoms with Gasteiger partial charge < -0.3 is 59.8 Å².